The highest BCUT2D eigenvalue weighted by molar-refractivity contribution is 8.03. The monoisotopic (exact) mass is 300 g/mol. The Bertz CT molecular complexity index is 576. The molecule has 2 rings (SSSR count). The number of ketones is 1. The molecule has 0 unspecified atom stereocenters. The normalized spacial score (nSPS) is 16.7. The van der Waals surface area contributed by atoms with E-state index in [9.17, 15) is 4.79 Å². The molecule has 0 atom stereocenters. The van der Waals surface area contributed by atoms with Gasteiger partial charge in [0.15, 0.2) is 5.78 Å². The lowest BCUT2D eigenvalue weighted by Gasteiger charge is -2.28. The fourth-order valence-corrected chi connectivity index (χ4v) is 3.31. The maximum atomic E-state index is 11.6. The van der Waals surface area contributed by atoms with Gasteiger partial charge >= 0.3 is 0 Å². The van der Waals surface area contributed by atoms with E-state index in [-0.39, 0.29) is 11.2 Å². The maximum absolute atomic E-state index is 11.6. The minimum absolute atomic E-state index is 0.0814. The van der Waals surface area contributed by atoms with Crippen LogP contribution in [0, 0.1) is 17.3 Å². The summed E-state index contributed by atoms with van der Waals surface area (Å²) in [6.45, 7) is 4.67. The fraction of sp³-hybridized carbons (Fsp3) is 0.389. The molecule has 0 heterocycles. The first-order chi connectivity index (χ1) is 10.1. The van der Waals surface area contributed by atoms with Crippen molar-refractivity contribution in [1.82, 2.24) is 0 Å². The van der Waals surface area contributed by atoms with Gasteiger partial charge in [0, 0.05) is 6.42 Å². The van der Waals surface area contributed by atoms with Crippen molar-refractivity contribution in [3.8, 4) is 17.6 Å². The summed E-state index contributed by atoms with van der Waals surface area (Å²) in [5, 5.41) is 0. The number of para-hydroxylation sites is 1. The number of hydrogen-bond acceptors (Lipinski definition) is 3. The van der Waals surface area contributed by atoms with E-state index in [0.717, 1.165) is 17.1 Å². The summed E-state index contributed by atoms with van der Waals surface area (Å²) in [6.07, 6.45) is 3.39. The van der Waals surface area contributed by atoms with Crippen molar-refractivity contribution in [1.29, 1.82) is 0 Å². The molecular formula is C18H20O2S. The minimum atomic E-state index is 0.0814. The molecule has 0 fully saturated rings. The van der Waals surface area contributed by atoms with E-state index in [4.69, 9.17) is 4.74 Å². The molecule has 0 aromatic heterocycles. The van der Waals surface area contributed by atoms with E-state index in [0.29, 0.717) is 18.8 Å². The van der Waals surface area contributed by atoms with Gasteiger partial charge in [0.2, 0.25) is 0 Å². The Labute approximate surface area is 131 Å². The highest BCUT2D eigenvalue weighted by Crippen LogP contribution is 2.38. The van der Waals surface area contributed by atoms with Gasteiger partial charge in [0.25, 0.3) is 0 Å². The van der Waals surface area contributed by atoms with Crippen LogP contribution in [-0.2, 0) is 4.79 Å². The zero-order valence-corrected chi connectivity index (χ0v) is 13.3. The number of allylic oxidation sites excluding steroid dienone is 2. The second-order valence-corrected chi connectivity index (χ2v) is 6.94. The highest BCUT2D eigenvalue weighted by atomic mass is 32.2. The summed E-state index contributed by atoms with van der Waals surface area (Å²) in [7, 11) is 0. The Morgan fingerprint density at radius 2 is 1.95 bits per heavy atom. The molecule has 0 bridgehead atoms. The quantitative estimate of drug-likeness (QED) is 0.784. The zero-order valence-electron chi connectivity index (χ0n) is 12.5. The first kappa shape index (κ1) is 15.7. The van der Waals surface area contributed by atoms with Gasteiger partial charge in [0.1, 0.15) is 12.4 Å². The predicted molar refractivity (Wildman–Crippen MR) is 88.3 cm³/mol. The Balaban J connectivity index is 1.73. The number of benzene rings is 1. The third-order valence-corrected chi connectivity index (χ3v) is 4.06. The lowest BCUT2D eigenvalue weighted by atomic mass is 9.80. The molecular weight excluding hydrogens is 280 g/mol. The van der Waals surface area contributed by atoms with E-state index in [1.54, 1.807) is 17.8 Å². The molecule has 2 nitrogen and oxygen atoms in total. The van der Waals surface area contributed by atoms with Gasteiger partial charge in [0.05, 0.1) is 5.75 Å². The van der Waals surface area contributed by atoms with Gasteiger partial charge in [-0.25, -0.2) is 0 Å². The second-order valence-electron chi connectivity index (χ2n) is 5.84. The summed E-state index contributed by atoms with van der Waals surface area (Å²) in [5.74, 6) is 7.85. The maximum Gasteiger partial charge on any atom is 0.157 e. The lowest BCUT2D eigenvalue weighted by Crippen LogP contribution is -2.20. The van der Waals surface area contributed by atoms with Crippen LogP contribution >= 0.6 is 11.8 Å². The number of ether oxygens (including phenoxy) is 1. The van der Waals surface area contributed by atoms with Gasteiger partial charge in [-0.3, -0.25) is 4.79 Å². The van der Waals surface area contributed by atoms with E-state index in [1.165, 1.54) is 0 Å². The summed E-state index contributed by atoms with van der Waals surface area (Å²) >= 11 is 1.66. The van der Waals surface area contributed by atoms with E-state index >= 15 is 0 Å². The van der Waals surface area contributed by atoms with Crippen LogP contribution in [0.2, 0.25) is 0 Å². The van der Waals surface area contributed by atoms with Crippen LogP contribution < -0.4 is 4.74 Å². The molecule has 0 saturated carbocycles. The second kappa shape index (κ2) is 7.38. The van der Waals surface area contributed by atoms with Crippen LogP contribution in [0.25, 0.3) is 0 Å². The van der Waals surface area contributed by atoms with Crippen molar-refractivity contribution in [2.75, 3.05) is 12.4 Å². The van der Waals surface area contributed by atoms with Crippen LogP contribution in [-0.4, -0.2) is 18.1 Å². The molecule has 0 radical (unpaired) electrons. The van der Waals surface area contributed by atoms with Crippen molar-refractivity contribution in [2.24, 2.45) is 5.41 Å². The molecule has 21 heavy (non-hydrogen) atoms. The van der Waals surface area contributed by atoms with Crippen LogP contribution in [0.15, 0.2) is 41.3 Å². The number of thioether (sulfide) groups is 1. The van der Waals surface area contributed by atoms with Gasteiger partial charge in [-0.1, -0.05) is 43.9 Å². The summed E-state index contributed by atoms with van der Waals surface area (Å²) < 4.78 is 5.50. The SMILES string of the molecule is CC1(C)CC(=O)C=C(SCC#CCOc2ccccc2)C1. The predicted octanol–water partition coefficient (Wildman–Crippen LogP) is 4.08. The number of carbonyl (C=O) groups excluding carboxylic acids is 1. The van der Waals surface area contributed by atoms with Gasteiger partial charge < -0.3 is 4.74 Å². The van der Waals surface area contributed by atoms with Gasteiger partial charge in [-0.05, 0) is 34.9 Å². The van der Waals surface area contributed by atoms with Gasteiger partial charge in [-0.15, -0.1) is 11.8 Å². The molecule has 1 aliphatic carbocycles. The topological polar surface area (TPSA) is 26.3 Å². The van der Waals surface area contributed by atoms with Crippen LogP contribution in [0.5, 0.6) is 5.75 Å². The molecule has 3 heteroatoms. The summed E-state index contributed by atoms with van der Waals surface area (Å²) in [6, 6.07) is 9.66. The van der Waals surface area contributed by atoms with Crippen molar-refractivity contribution in [3.05, 3.63) is 41.3 Å². The third-order valence-electron chi connectivity index (χ3n) is 3.14. The smallest absolute Gasteiger partial charge is 0.157 e. The number of rotatable bonds is 4. The molecule has 1 aromatic rings. The molecule has 0 amide bonds. The van der Waals surface area contributed by atoms with Crippen LogP contribution in [0.4, 0.5) is 0 Å². The molecule has 110 valence electrons. The Morgan fingerprint density at radius 1 is 1.19 bits per heavy atom. The Hall–Kier alpha value is -1.66. The molecule has 1 aromatic carbocycles. The molecule has 1 aliphatic rings. The van der Waals surface area contributed by atoms with Gasteiger partial charge in [-0.2, -0.15) is 0 Å². The Morgan fingerprint density at radius 3 is 2.67 bits per heavy atom. The average Bonchev–Trinajstić information content (AvgIpc) is 2.41. The zero-order chi connectivity index (χ0) is 15.1. The molecule has 0 N–H and O–H groups in total. The Kier molecular flexibility index (Phi) is 5.52. The van der Waals surface area contributed by atoms with Crippen LogP contribution in [0.3, 0.4) is 0 Å². The third kappa shape index (κ3) is 5.69. The first-order valence-electron chi connectivity index (χ1n) is 7.05. The molecule has 0 aliphatic heterocycles. The highest BCUT2D eigenvalue weighted by Gasteiger charge is 2.27. The van der Waals surface area contributed by atoms with Crippen molar-refractivity contribution >= 4 is 17.5 Å². The standard InChI is InChI=1S/C18H20O2S/c1-18(2)13-15(19)12-17(14-18)21-11-7-6-10-20-16-8-4-3-5-9-16/h3-5,8-9,12H,10-11,13-14H2,1-2H3. The van der Waals surface area contributed by atoms with E-state index in [1.807, 2.05) is 30.3 Å². The lowest BCUT2D eigenvalue weighted by molar-refractivity contribution is -0.116. The van der Waals surface area contributed by atoms with E-state index in [2.05, 4.69) is 25.7 Å². The summed E-state index contributed by atoms with van der Waals surface area (Å²) in [4.78, 5) is 12.8. The number of carbonyl (C=O) groups is 1. The average molecular weight is 300 g/mol. The largest absolute Gasteiger partial charge is 0.481 e. The molecule has 0 spiro atoms. The van der Waals surface area contributed by atoms with E-state index < -0.39 is 0 Å². The van der Waals surface area contributed by atoms with Crippen molar-refractivity contribution in [2.45, 2.75) is 26.7 Å². The molecule has 0 saturated heterocycles. The van der Waals surface area contributed by atoms with Crippen molar-refractivity contribution < 1.29 is 9.53 Å². The van der Waals surface area contributed by atoms with Crippen molar-refractivity contribution in [3.63, 3.8) is 0 Å². The minimum Gasteiger partial charge on any atom is -0.481 e. The summed E-state index contributed by atoms with van der Waals surface area (Å²) in [5.41, 5.74) is 0.0814. The first-order valence-corrected chi connectivity index (χ1v) is 8.03. The fourth-order valence-electron chi connectivity index (χ4n) is 2.25. The van der Waals surface area contributed by atoms with Crippen LogP contribution in [0.1, 0.15) is 26.7 Å². The number of hydrogen-bond donors (Lipinski definition) is 0.